The number of aryl methyl sites for hydroxylation is 2. The van der Waals surface area contributed by atoms with Crippen molar-refractivity contribution < 1.29 is 9.53 Å². The van der Waals surface area contributed by atoms with Crippen molar-refractivity contribution in [2.24, 2.45) is 0 Å². The average Bonchev–Trinajstić information content (AvgIpc) is 2.50. The van der Waals surface area contributed by atoms with Gasteiger partial charge in [-0.25, -0.2) is 0 Å². The molecule has 0 aliphatic heterocycles. The van der Waals surface area contributed by atoms with E-state index in [0.717, 1.165) is 10.5 Å². The smallest absolute Gasteiger partial charge is 0.234 e. The van der Waals surface area contributed by atoms with Crippen molar-refractivity contribution in [1.82, 2.24) is 0 Å². The average molecular weight is 336 g/mol. The molecule has 116 valence electrons. The Morgan fingerprint density at radius 3 is 2.55 bits per heavy atom. The Hall–Kier alpha value is -1.65. The summed E-state index contributed by atoms with van der Waals surface area (Å²) in [4.78, 5) is 13.2. The topological polar surface area (TPSA) is 38.3 Å². The van der Waals surface area contributed by atoms with Gasteiger partial charge in [-0.1, -0.05) is 29.3 Å². The second kappa shape index (κ2) is 7.56. The van der Waals surface area contributed by atoms with E-state index in [-0.39, 0.29) is 5.91 Å². The van der Waals surface area contributed by atoms with Gasteiger partial charge in [-0.2, -0.15) is 0 Å². The summed E-state index contributed by atoms with van der Waals surface area (Å²) in [6, 6.07) is 11.6. The second-order valence-electron chi connectivity index (χ2n) is 4.95. The van der Waals surface area contributed by atoms with Gasteiger partial charge in [0.05, 0.1) is 18.6 Å². The normalized spacial score (nSPS) is 10.4. The molecule has 5 heteroatoms. The number of benzene rings is 2. The third-order valence-electron chi connectivity index (χ3n) is 3.15. The van der Waals surface area contributed by atoms with Gasteiger partial charge in [-0.05, 0) is 37.6 Å². The highest BCUT2D eigenvalue weighted by atomic mass is 35.5. The van der Waals surface area contributed by atoms with E-state index in [0.29, 0.717) is 22.2 Å². The molecule has 0 aliphatic carbocycles. The van der Waals surface area contributed by atoms with E-state index in [1.807, 2.05) is 44.2 Å². The van der Waals surface area contributed by atoms with E-state index >= 15 is 0 Å². The molecule has 0 unspecified atom stereocenters. The van der Waals surface area contributed by atoms with Crippen LogP contribution < -0.4 is 10.1 Å². The number of nitrogens with one attached hydrogen (secondary N) is 1. The molecule has 0 fully saturated rings. The van der Waals surface area contributed by atoms with Crippen molar-refractivity contribution in [2.45, 2.75) is 18.7 Å². The second-order valence-corrected chi connectivity index (χ2v) is 6.41. The zero-order valence-corrected chi connectivity index (χ0v) is 14.3. The molecule has 0 aliphatic rings. The number of carbonyl (C=O) groups excluding carboxylic acids is 1. The summed E-state index contributed by atoms with van der Waals surface area (Å²) in [7, 11) is 1.55. The fourth-order valence-electron chi connectivity index (χ4n) is 1.90. The number of hydrogen-bond acceptors (Lipinski definition) is 3. The highest BCUT2D eigenvalue weighted by Gasteiger charge is 2.10. The number of methoxy groups -OCH3 is 1. The van der Waals surface area contributed by atoms with Crippen molar-refractivity contribution in [1.29, 1.82) is 0 Å². The molecule has 0 saturated heterocycles. The van der Waals surface area contributed by atoms with Crippen LogP contribution in [-0.2, 0) is 4.79 Å². The maximum absolute atomic E-state index is 12.1. The summed E-state index contributed by atoms with van der Waals surface area (Å²) in [6.07, 6.45) is 0. The van der Waals surface area contributed by atoms with Crippen LogP contribution in [0.4, 0.5) is 5.69 Å². The van der Waals surface area contributed by atoms with Crippen molar-refractivity contribution in [3.63, 3.8) is 0 Å². The van der Waals surface area contributed by atoms with Gasteiger partial charge in [0.2, 0.25) is 5.91 Å². The Labute approximate surface area is 140 Å². The van der Waals surface area contributed by atoms with Gasteiger partial charge < -0.3 is 10.1 Å². The van der Waals surface area contributed by atoms with Gasteiger partial charge in [-0.15, -0.1) is 11.8 Å². The molecule has 0 spiro atoms. The molecule has 1 amide bonds. The van der Waals surface area contributed by atoms with Gasteiger partial charge in [0, 0.05) is 16.0 Å². The lowest BCUT2D eigenvalue weighted by Gasteiger charge is -2.12. The molecule has 0 saturated carbocycles. The predicted octanol–water partition coefficient (Wildman–Crippen LogP) is 4.70. The zero-order chi connectivity index (χ0) is 16.1. The summed E-state index contributed by atoms with van der Waals surface area (Å²) in [6.45, 7) is 3.93. The van der Waals surface area contributed by atoms with Gasteiger partial charge in [-0.3, -0.25) is 4.79 Å². The minimum Gasteiger partial charge on any atom is -0.495 e. The van der Waals surface area contributed by atoms with Crippen LogP contribution in [0.1, 0.15) is 11.1 Å². The number of amides is 1. The molecule has 3 nitrogen and oxygen atoms in total. The van der Waals surface area contributed by atoms with Gasteiger partial charge in [0.25, 0.3) is 0 Å². The lowest BCUT2D eigenvalue weighted by molar-refractivity contribution is -0.113. The van der Waals surface area contributed by atoms with E-state index in [2.05, 4.69) is 5.32 Å². The van der Waals surface area contributed by atoms with E-state index < -0.39 is 0 Å². The Balaban J connectivity index is 2.00. The van der Waals surface area contributed by atoms with Crippen molar-refractivity contribution in [2.75, 3.05) is 18.2 Å². The number of halogens is 1. The molecule has 0 bridgehead atoms. The third-order valence-corrected chi connectivity index (χ3v) is 4.56. The quantitative estimate of drug-likeness (QED) is 0.805. The lowest BCUT2D eigenvalue weighted by Crippen LogP contribution is -2.14. The maximum atomic E-state index is 12.1. The van der Waals surface area contributed by atoms with Crippen LogP contribution in [0.2, 0.25) is 5.02 Å². The van der Waals surface area contributed by atoms with Crippen LogP contribution in [0.25, 0.3) is 0 Å². The molecule has 2 rings (SSSR count). The molecular formula is C17H18ClNO2S. The molecule has 0 aromatic heterocycles. The van der Waals surface area contributed by atoms with Crippen LogP contribution in [0.3, 0.4) is 0 Å². The molecule has 0 radical (unpaired) electrons. The standard InChI is InChI=1S/C17H18ClNO2S/c1-11-4-6-13(7-5-11)22-10-17(20)19-15-8-12(2)14(18)9-16(15)21-3/h4-9H,10H2,1-3H3,(H,19,20). The summed E-state index contributed by atoms with van der Waals surface area (Å²) in [5.74, 6) is 0.823. The van der Waals surface area contributed by atoms with Crippen LogP contribution >= 0.6 is 23.4 Å². The Bertz CT molecular complexity index is 671. The number of ether oxygens (including phenoxy) is 1. The Morgan fingerprint density at radius 1 is 1.23 bits per heavy atom. The van der Waals surface area contributed by atoms with Crippen molar-refractivity contribution >= 4 is 35.0 Å². The zero-order valence-electron chi connectivity index (χ0n) is 12.8. The first-order valence-electron chi connectivity index (χ1n) is 6.83. The van der Waals surface area contributed by atoms with Crippen LogP contribution in [-0.4, -0.2) is 18.8 Å². The molecular weight excluding hydrogens is 318 g/mol. The molecule has 22 heavy (non-hydrogen) atoms. The Kier molecular flexibility index (Phi) is 5.75. The third kappa shape index (κ3) is 4.42. The highest BCUT2D eigenvalue weighted by molar-refractivity contribution is 8.00. The number of anilines is 1. The lowest BCUT2D eigenvalue weighted by atomic mass is 10.2. The Morgan fingerprint density at radius 2 is 1.91 bits per heavy atom. The first-order chi connectivity index (χ1) is 10.5. The van der Waals surface area contributed by atoms with Gasteiger partial charge in [0.15, 0.2) is 0 Å². The number of carbonyl (C=O) groups is 1. The first-order valence-corrected chi connectivity index (χ1v) is 8.19. The minimum atomic E-state index is -0.0782. The van der Waals surface area contributed by atoms with Crippen LogP contribution in [0.15, 0.2) is 41.3 Å². The van der Waals surface area contributed by atoms with E-state index in [1.165, 1.54) is 17.3 Å². The minimum absolute atomic E-state index is 0.0782. The fourth-order valence-corrected chi connectivity index (χ4v) is 2.75. The summed E-state index contributed by atoms with van der Waals surface area (Å²) < 4.78 is 5.25. The van der Waals surface area contributed by atoms with Crippen molar-refractivity contribution in [3.8, 4) is 5.75 Å². The number of rotatable bonds is 5. The van der Waals surface area contributed by atoms with Gasteiger partial charge >= 0.3 is 0 Å². The largest absolute Gasteiger partial charge is 0.495 e. The van der Waals surface area contributed by atoms with E-state index in [4.69, 9.17) is 16.3 Å². The molecule has 1 N–H and O–H groups in total. The monoisotopic (exact) mass is 335 g/mol. The molecule has 0 heterocycles. The maximum Gasteiger partial charge on any atom is 0.234 e. The highest BCUT2D eigenvalue weighted by Crippen LogP contribution is 2.31. The van der Waals surface area contributed by atoms with Crippen LogP contribution in [0, 0.1) is 13.8 Å². The van der Waals surface area contributed by atoms with Crippen LogP contribution in [0.5, 0.6) is 5.75 Å². The number of thioether (sulfide) groups is 1. The fraction of sp³-hybridized carbons (Fsp3) is 0.235. The summed E-state index contributed by atoms with van der Waals surface area (Å²) >= 11 is 7.56. The summed E-state index contributed by atoms with van der Waals surface area (Å²) in [5, 5.41) is 3.48. The molecule has 2 aromatic rings. The SMILES string of the molecule is COc1cc(Cl)c(C)cc1NC(=O)CSc1ccc(C)cc1. The first kappa shape index (κ1) is 16.7. The van der Waals surface area contributed by atoms with E-state index in [9.17, 15) is 4.79 Å². The molecule has 2 aromatic carbocycles. The van der Waals surface area contributed by atoms with Gasteiger partial charge in [0.1, 0.15) is 5.75 Å². The van der Waals surface area contributed by atoms with Crippen molar-refractivity contribution in [3.05, 3.63) is 52.5 Å². The molecule has 0 atom stereocenters. The number of hydrogen-bond donors (Lipinski definition) is 1. The summed E-state index contributed by atoms with van der Waals surface area (Å²) in [5.41, 5.74) is 2.73. The van der Waals surface area contributed by atoms with E-state index in [1.54, 1.807) is 13.2 Å². The predicted molar refractivity (Wildman–Crippen MR) is 93.3 cm³/mol.